The first kappa shape index (κ1) is 18.0. The molecule has 1 saturated heterocycles. The topological polar surface area (TPSA) is 56.7 Å². The summed E-state index contributed by atoms with van der Waals surface area (Å²) in [6.07, 6.45) is 3.11. The van der Waals surface area contributed by atoms with E-state index in [9.17, 15) is 9.90 Å². The summed E-state index contributed by atoms with van der Waals surface area (Å²) >= 11 is 1.59. The van der Waals surface area contributed by atoms with Crippen molar-refractivity contribution in [2.24, 2.45) is 0 Å². The van der Waals surface area contributed by atoms with Gasteiger partial charge in [0, 0.05) is 31.2 Å². The van der Waals surface area contributed by atoms with E-state index >= 15 is 0 Å². The maximum atomic E-state index is 12.9. The van der Waals surface area contributed by atoms with Crippen molar-refractivity contribution in [3.8, 4) is 0 Å². The molecule has 1 aromatic heterocycles. The van der Waals surface area contributed by atoms with Crippen LogP contribution in [0.15, 0.2) is 35.8 Å². The SMILES string of the molecule is Cc1cccc(CN2CCC[C@@](O)(CN(C)Cc3nccs3)C2=O)c1. The lowest BCUT2D eigenvalue weighted by atomic mass is 9.90. The molecule has 1 atom stereocenters. The molecule has 134 valence electrons. The number of carbonyl (C=O) groups excluding carboxylic acids is 1. The number of likely N-dealkylation sites (tertiary alicyclic amines) is 1. The predicted molar refractivity (Wildman–Crippen MR) is 99.2 cm³/mol. The van der Waals surface area contributed by atoms with Gasteiger partial charge in [0.2, 0.25) is 0 Å². The number of likely N-dealkylation sites (N-methyl/N-ethyl adjacent to an activating group) is 1. The number of aliphatic hydroxyl groups is 1. The molecule has 0 spiro atoms. The number of thiazole rings is 1. The molecule has 1 N–H and O–H groups in total. The van der Waals surface area contributed by atoms with Gasteiger partial charge in [-0.3, -0.25) is 9.69 Å². The molecule has 1 aliphatic rings. The molecule has 3 rings (SSSR count). The highest BCUT2D eigenvalue weighted by atomic mass is 32.1. The molecule has 0 saturated carbocycles. The highest BCUT2D eigenvalue weighted by Crippen LogP contribution is 2.26. The van der Waals surface area contributed by atoms with Gasteiger partial charge in [0.05, 0.1) is 6.54 Å². The second kappa shape index (κ2) is 7.64. The van der Waals surface area contributed by atoms with Crippen LogP contribution in [0.2, 0.25) is 0 Å². The largest absolute Gasteiger partial charge is 0.379 e. The summed E-state index contributed by atoms with van der Waals surface area (Å²) in [7, 11) is 1.92. The fraction of sp³-hybridized carbons (Fsp3) is 0.474. The summed E-state index contributed by atoms with van der Waals surface area (Å²) in [5.74, 6) is -0.161. The van der Waals surface area contributed by atoms with Crippen LogP contribution in [0, 0.1) is 6.92 Å². The van der Waals surface area contributed by atoms with E-state index in [-0.39, 0.29) is 5.91 Å². The Labute approximate surface area is 152 Å². The van der Waals surface area contributed by atoms with Crippen molar-refractivity contribution >= 4 is 17.2 Å². The van der Waals surface area contributed by atoms with Crippen LogP contribution in [0.5, 0.6) is 0 Å². The van der Waals surface area contributed by atoms with Crippen LogP contribution < -0.4 is 0 Å². The summed E-state index contributed by atoms with van der Waals surface area (Å²) in [5, 5.41) is 13.9. The second-order valence-electron chi connectivity index (χ2n) is 6.95. The van der Waals surface area contributed by atoms with Crippen molar-refractivity contribution in [3.05, 3.63) is 52.0 Å². The summed E-state index contributed by atoms with van der Waals surface area (Å²) in [5.41, 5.74) is 0.975. The van der Waals surface area contributed by atoms with E-state index in [2.05, 4.69) is 11.1 Å². The number of nitrogens with zero attached hydrogens (tertiary/aromatic N) is 3. The molecule has 2 heterocycles. The van der Waals surface area contributed by atoms with Crippen LogP contribution in [-0.2, 0) is 17.9 Å². The molecular formula is C19H25N3O2S. The zero-order chi connectivity index (χ0) is 17.9. The van der Waals surface area contributed by atoms with Gasteiger partial charge >= 0.3 is 0 Å². The molecule has 25 heavy (non-hydrogen) atoms. The van der Waals surface area contributed by atoms with E-state index in [0.717, 1.165) is 17.0 Å². The fourth-order valence-corrected chi connectivity index (χ4v) is 4.15. The molecule has 1 aromatic carbocycles. The molecular weight excluding hydrogens is 334 g/mol. The number of carbonyl (C=O) groups is 1. The van der Waals surface area contributed by atoms with E-state index in [0.29, 0.717) is 32.6 Å². The molecule has 0 bridgehead atoms. The molecule has 0 radical (unpaired) electrons. The van der Waals surface area contributed by atoms with Gasteiger partial charge in [-0.1, -0.05) is 29.8 Å². The molecule has 0 aliphatic carbocycles. The number of benzene rings is 1. The quantitative estimate of drug-likeness (QED) is 0.861. The average Bonchev–Trinajstić information content (AvgIpc) is 3.05. The van der Waals surface area contributed by atoms with E-state index in [1.165, 1.54) is 5.56 Å². The van der Waals surface area contributed by atoms with Gasteiger partial charge in [-0.05, 0) is 32.4 Å². The lowest BCUT2D eigenvalue weighted by Gasteiger charge is -2.40. The third-order valence-corrected chi connectivity index (χ3v) is 5.34. The minimum Gasteiger partial charge on any atom is -0.379 e. The van der Waals surface area contributed by atoms with Gasteiger partial charge in [-0.2, -0.15) is 0 Å². The monoisotopic (exact) mass is 359 g/mol. The molecule has 1 fully saturated rings. The minimum absolute atomic E-state index is 0.161. The summed E-state index contributed by atoms with van der Waals surface area (Å²) < 4.78 is 0. The Kier molecular flexibility index (Phi) is 5.51. The van der Waals surface area contributed by atoms with Crippen LogP contribution in [-0.4, -0.2) is 51.5 Å². The Morgan fingerprint density at radius 1 is 1.44 bits per heavy atom. The van der Waals surface area contributed by atoms with Crippen LogP contribution in [0.4, 0.5) is 0 Å². The summed E-state index contributed by atoms with van der Waals surface area (Å²) in [6.45, 7) is 4.27. The zero-order valence-corrected chi connectivity index (χ0v) is 15.6. The maximum absolute atomic E-state index is 12.9. The number of piperidine rings is 1. The van der Waals surface area contributed by atoms with Crippen molar-refractivity contribution in [3.63, 3.8) is 0 Å². The van der Waals surface area contributed by atoms with Gasteiger partial charge in [0.25, 0.3) is 5.91 Å². The molecule has 1 amide bonds. The van der Waals surface area contributed by atoms with Crippen LogP contribution in [0.1, 0.15) is 29.0 Å². The van der Waals surface area contributed by atoms with Crippen molar-refractivity contribution in [2.45, 2.75) is 38.5 Å². The number of amides is 1. The standard InChI is InChI=1S/C19H25N3O2S/c1-15-5-3-6-16(11-15)12-22-9-4-7-19(24,18(22)23)14-21(2)13-17-20-8-10-25-17/h3,5-6,8,10-11,24H,4,7,9,12-14H2,1-2H3/t19-/m1/s1. The second-order valence-corrected chi connectivity index (χ2v) is 7.93. The normalized spacial score (nSPS) is 21.1. The highest BCUT2D eigenvalue weighted by Gasteiger charge is 2.42. The van der Waals surface area contributed by atoms with Gasteiger partial charge < -0.3 is 10.0 Å². The molecule has 0 unspecified atom stereocenters. The number of hydrogen-bond donors (Lipinski definition) is 1. The highest BCUT2D eigenvalue weighted by molar-refractivity contribution is 7.09. The molecule has 1 aliphatic heterocycles. The average molecular weight is 359 g/mol. The van der Waals surface area contributed by atoms with Gasteiger partial charge in [0.1, 0.15) is 5.01 Å². The maximum Gasteiger partial charge on any atom is 0.256 e. The third-order valence-electron chi connectivity index (χ3n) is 4.58. The Balaban J connectivity index is 1.65. The predicted octanol–water partition coefficient (Wildman–Crippen LogP) is 2.44. The molecule has 5 nitrogen and oxygen atoms in total. The minimum atomic E-state index is -1.31. The van der Waals surface area contributed by atoms with E-state index in [1.807, 2.05) is 42.5 Å². The summed E-state index contributed by atoms with van der Waals surface area (Å²) in [4.78, 5) is 20.9. The Bertz CT molecular complexity index is 719. The Morgan fingerprint density at radius 3 is 3.00 bits per heavy atom. The van der Waals surface area contributed by atoms with Crippen molar-refractivity contribution < 1.29 is 9.90 Å². The van der Waals surface area contributed by atoms with Crippen LogP contribution >= 0.6 is 11.3 Å². The molecule has 2 aromatic rings. The van der Waals surface area contributed by atoms with E-state index < -0.39 is 5.60 Å². The Morgan fingerprint density at radius 2 is 2.28 bits per heavy atom. The Hall–Kier alpha value is -1.76. The molecule has 6 heteroatoms. The van der Waals surface area contributed by atoms with Crippen LogP contribution in [0.3, 0.4) is 0 Å². The van der Waals surface area contributed by atoms with Crippen molar-refractivity contribution in [1.82, 2.24) is 14.8 Å². The summed E-state index contributed by atoms with van der Waals surface area (Å²) in [6, 6.07) is 8.18. The fourth-order valence-electron chi connectivity index (χ4n) is 3.46. The van der Waals surface area contributed by atoms with Crippen LogP contribution in [0.25, 0.3) is 0 Å². The first-order valence-electron chi connectivity index (χ1n) is 8.60. The van der Waals surface area contributed by atoms with Gasteiger partial charge in [-0.15, -0.1) is 11.3 Å². The number of hydrogen-bond acceptors (Lipinski definition) is 5. The lowest BCUT2D eigenvalue weighted by Crippen LogP contribution is -2.57. The number of rotatable bonds is 6. The lowest BCUT2D eigenvalue weighted by molar-refractivity contribution is -0.160. The zero-order valence-electron chi connectivity index (χ0n) is 14.8. The number of aryl methyl sites for hydroxylation is 1. The van der Waals surface area contributed by atoms with Gasteiger partial charge in [-0.25, -0.2) is 4.98 Å². The third kappa shape index (κ3) is 4.45. The van der Waals surface area contributed by atoms with Gasteiger partial charge in [0.15, 0.2) is 5.60 Å². The van der Waals surface area contributed by atoms with Crippen molar-refractivity contribution in [1.29, 1.82) is 0 Å². The van der Waals surface area contributed by atoms with Crippen molar-refractivity contribution in [2.75, 3.05) is 20.1 Å². The first-order valence-corrected chi connectivity index (χ1v) is 9.48. The van der Waals surface area contributed by atoms with E-state index in [1.54, 1.807) is 22.4 Å². The first-order chi connectivity index (χ1) is 12.0. The van der Waals surface area contributed by atoms with E-state index in [4.69, 9.17) is 0 Å². The number of aromatic nitrogens is 1. The smallest absolute Gasteiger partial charge is 0.256 e.